The Morgan fingerprint density at radius 3 is 2.46 bits per heavy atom. The van der Waals surface area contributed by atoms with Gasteiger partial charge in [-0.25, -0.2) is 8.42 Å². The predicted molar refractivity (Wildman–Crippen MR) is 111 cm³/mol. The predicted octanol–water partition coefficient (Wildman–Crippen LogP) is 3.02. The Labute approximate surface area is 159 Å². The number of hydrogen-bond donors (Lipinski definition) is 2. The highest BCUT2D eigenvalue weighted by atomic mass is 32.2. The molecule has 0 saturated heterocycles. The molecule has 1 unspecified atom stereocenters. The molecule has 26 heavy (non-hydrogen) atoms. The van der Waals surface area contributed by atoms with Gasteiger partial charge in [0.25, 0.3) is 0 Å². The summed E-state index contributed by atoms with van der Waals surface area (Å²) in [6.45, 7) is 7.31. The van der Waals surface area contributed by atoms with Gasteiger partial charge in [0.15, 0.2) is 5.96 Å². The average molecular weight is 382 g/mol. The highest BCUT2D eigenvalue weighted by Gasteiger charge is 2.18. The van der Waals surface area contributed by atoms with Crippen LogP contribution in [0.5, 0.6) is 0 Å². The lowest BCUT2D eigenvalue weighted by Crippen LogP contribution is -2.45. The summed E-state index contributed by atoms with van der Waals surface area (Å²) in [6, 6.07) is 10.6. The highest BCUT2D eigenvalue weighted by Crippen LogP contribution is 2.22. The van der Waals surface area contributed by atoms with Crippen LogP contribution in [0.1, 0.15) is 45.6 Å². The van der Waals surface area contributed by atoms with Crippen LogP contribution < -0.4 is 10.6 Å². The first-order chi connectivity index (χ1) is 12.1. The quantitative estimate of drug-likeness (QED) is 0.483. The molecule has 0 fully saturated rings. The Bertz CT molecular complexity index is 655. The molecule has 0 aromatic heterocycles. The van der Waals surface area contributed by atoms with Crippen LogP contribution in [0.25, 0.3) is 0 Å². The molecule has 0 aliphatic rings. The van der Waals surface area contributed by atoms with Gasteiger partial charge < -0.3 is 10.6 Å². The fraction of sp³-hybridized carbons (Fsp3) is 0.650. The van der Waals surface area contributed by atoms with Crippen molar-refractivity contribution in [3.63, 3.8) is 0 Å². The number of guanidine groups is 1. The normalized spacial score (nSPS) is 14.1. The summed E-state index contributed by atoms with van der Waals surface area (Å²) in [4.78, 5) is 4.25. The van der Waals surface area contributed by atoms with Crippen LogP contribution in [0.4, 0.5) is 0 Å². The van der Waals surface area contributed by atoms with Gasteiger partial charge in [0.2, 0.25) is 0 Å². The van der Waals surface area contributed by atoms with E-state index in [0.29, 0.717) is 6.42 Å². The van der Waals surface area contributed by atoms with E-state index in [1.165, 1.54) is 11.8 Å². The zero-order valence-electron chi connectivity index (χ0n) is 16.9. The van der Waals surface area contributed by atoms with Crippen LogP contribution >= 0.6 is 0 Å². The molecule has 0 radical (unpaired) electrons. The molecule has 0 aliphatic carbocycles. The summed E-state index contributed by atoms with van der Waals surface area (Å²) >= 11 is 0. The van der Waals surface area contributed by atoms with Crippen LogP contribution in [0, 0.1) is 5.41 Å². The third-order valence-corrected chi connectivity index (χ3v) is 5.40. The zero-order chi connectivity index (χ0) is 19.6. The van der Waals surface area contributed by atoms with Gasteiger partial charge in [0, 0.05) is 25.9 Å². The first kappa shape index (κ1) is 22.5. The summed E-state index contributed by atoms with van der Waals surface area (Å²) in [5.74, 6) is 0.908. The molecule has 0 saturated carbocycles. The molecule has 2 N–H and O–H groups in total. The minimum absolute atomic E-state index is 0.0529. The maximum atomic E-state index is 11.3. The van der Waals surface area contributed by atoms with Crippen molar-refractivity contribution in [1.29, 1.82) is 0 Å². The lowest BCUT2D eigenvalue weighted by molar-refractivity contribution is 0.322. The van der Waals surface area contributed by atoms with E-state index in [4.69, 9.17) is 0 Å². The van der Waals surface area contributed by atoms with E-state index in [2.05, 4.69) is 53.7 Å². The summed E-state index contributed by atoms with van der Waals surface area (Å²) in [7, 11) is -1.19. The number of sulfone groups is 1. The molecule has 148 valence electrons. The smallest absolute Gasteiger partial charge is 0.191 e. The summed E-state index contributed by atoms with van der Waals surface area (Å²) in [6.07, 6.45) is 5.20. The number of nitrogens with one attached hydrogen (secondary N) is 2. The minimum Gasteiger partial charge on any atom is -0.356 e. The van der Waals surface area contributed by atoms with Crippen LogP contribution in [0.3, 0.4) is 0 Å². The molecule has 5 nitrogen and oxygen atoms in total. The molecule has 1 rings (SSSR count). The number of rotatable bonds is 10. The van der Waals surface area contributed by atoms with Crippen LogP contribution in [-0.4, -0.2) is 46.0 Å². The molecule has 0 aliphatic heterocycles. The van der Waals surface area contributed by atoms with Gasteiger partial charge in [-0.3, -0.25) is 4.99 Å². The van der Waals surface area contributed by atoms with E-state index in [9.17, 15) is 8.42 Å². The first-order valence-electron chi connectivity index (χ1n) is 9.30. The van der Waals surface area contributed by atoms with Crippen LogP contribution in [0.15, 0.2) is 35.3 Å². The van der Waals surface area contributed by atoms with E-state index >= 15 is 0 Å². The van der Waals surface area contributed by atoms with Crippen molar-refractivity contribution < 1.29 is 8.42 Å². The Hall–Kier alpha value is -1.56. The van der Waals surface area contributed by atoms with Crippen molar-refractivity contribution in [2.24, 2.45) is 10.4 Å². The second-order valence-electron chi connectivity index (χ2n) is 7.89. The third kappa shape index (κ3) is 10.4. The minimum atomic E-state index is -2.93. The highest BCUT2D eigenvalue weighted by molar-refractivity contribution is 7.90. The molecule has 1 atom stereocenters. The van der Waals surface area contributed by atoms with E-state index in [-0.39, 0.29) is 17.2 Å². The maximum absolute atomic E-state index is 11.3. The Morgan fingerprint density at radius 1 is 1.23 bits per heavy atom. The van der Waals surface area contributed by atoms with Gasteiger partial charge in [-0.05, 0) is 43.6 Å². The van der Waals surface area contributed by atoms with Gasteiger partial charge in [-0.15, -0.1) is 0 Å². The zero-order valence-corrected chi connectivity index (χ0v) is 17.7. The van der Waals surface area contributed by atoms with Gasteiger partial charge >= 0.3 is 0 Å². The monoisotopic (exact) mass is 381 g/mol. The standard InChI is InChI=1S/C20H35N3O2S/c1-17(13-15-26(5,24)25)23-19(21-4)22-16-20(2,3)14-9-12-18-10-7-6-8-11-18/h6-8,10-11,17H,9,12-16H2,1-5H3,(H2,21,22,23). The van der Waals surface area contributed by atoms with E-state index in [1.807, 2.05) is 13.0 Å². The Morgan fingerprint density at radius 2 is 1.88 bits per heavy atom. The van der Waals surface area contributed by atoms with Crippen molar-refractivity contribution in [2.45, 2.75) is 52.5 Å². The van der Waals surface area contributed by atoms with Crippen molar-refractivity contribution in [2.75, 3.05) is 25.6 Å². The molecule has 6 heteroatoms. The van der Waals surface area contributed by atoms with Gasteiger partial charge in [-0.2, -0.15) is 0 Å². The summed E-state index contributed by atoms with van der Waals surface area (Å²) < 4.78 is 22.6. The SMILES string of the molecule is CN=C(NCC(C)(C)CCCc1ccccc1)NC(C)CCS(C)(=O)=O. The van der Waals surface area contributed by atoms with Crippen molar-refractivity contribution in [3.05, 3.63) is 35.9 Å². The topological polar surface area (TPSA) is 70.6 Å². The second-order valence-corrected chi connectivity index (χ2v) is 10.2. The van der Waals surface area contributed by atoms with E-state index in [1.54, 1.807) is 7.05 Å². The summed E-state index contributed by atoms with van der Waals surface area (Å²) in [5.41, 5.74) is 1.54. The lowest BCUT2D eigenvalue weighted by Gasteiger charge is -2.27. The van der Waals surface area contributed by atoms with Crippen molar-refractivity contribution in [3.8, 4) is 0 Å². The molecule has 0 bridgehead atoms. The molecule has 0 heterocycles. The third-order valence-electron chi connectivity index (χ3n) is 4.42. The largest absolute Gasteiger partial charge is 0.356 e. The van der Waals surface area contributed by atoms with E-state index in [0.717, 1.165) is 31.8 Å². The van der Waals surface area contributed by atoms with Crippen LogP contribution in [-0.2, 0) is 16.3 Å². The number of benzene rings is 1. The van der Waals surface area contributed by atoms with Gasteiger partial charge in [0.1, 0.15) is 9.84 Å². The van der Waals surface area contributed by atoms with Crippen LogP contribution in [0.2, 0.25) is 0 Å². The van der Waals surface area contributed by atoms with Gasteiger partial charge in [-0.1, -0.05) is 44.2 Å². The fourth-order valence-corrected chi connectivity index (χ4v) is 3.50. The fourth-order valence-electron chi connectivity index (χ4n) is 2.72. The molecule has 1 aromatic carbocycles. The molecular weight excluding hydrogens is 346 g/mol. The van der Waals surface area contributed by atoms with E-state index < -0.39 is 9.84 Å². The maximum Gasteiger partial charge on any atom is 0.191 e. The Balaban J connectivity index is 2.36. The van der Waals surface area contributed by atoms with Gasteiger partial charge in [0.05, 0.1) is 5.75 Å². The molecule has 0 amide bonds. The molecular formula is C20H35N3O2S. The van der Waals surface area contributed by atoms with Crippen molar-refractivity contribution in [1.82, 2.24) is 10.6 Å². The number of aryl methyl sites for hydroxylation is 1. The number of nitrogens with zero attached hydrogens (tertiary/aromatic N) is 1. The number of hydrogen-bond acceptors (Lipinski definition) is 3. The average Bonchev–Trinajstić information content (AvgIpc) is 2.57. The number of aliphatic imine (C=N–C) groups is 1. The molecule has 1 aromatic rings. The molecule has 0 spiro atoms. The second kappa shape index (κ2) is 10.6. The van der Waals surface area contributed by atoms with Crippen molar-refractivity contribution >= 4 is 15.8 Å². The lowest BCUT2D eigenvalue weighted by atomic mass is 9.86. The Kier molecular flexibility index (Phi) is 9.13. The summed E-state index contributed by atoms with van der Waals surface area (Å²) in [5, 5.41) is 6.64. The first-order valence-corrected chi connectivity index (χ1v) is 11.4.